The van der Waals surface area contributed by atoms with E-state index < -0.39 is 0 Å². The summed E-state index contributed by atoms with van der Waals surface area (Å²) in [7, 11) is 0. The first-order valence-corrected chi connectivity index (χ1v) is 7.71. The lowest BCUT2D eigenvalue weighted by Crippen LogP contribution is -2.24. The molecule has 0 unspecified atom stereocenters. The highest BCUT2D eigenvalue weighted by Crippen LogP contribution is 2.20. The molecule has 0 amide bonds. The standard InChI is InChI=1S/C17H23NO2/c1-2-7-15(8-3-1)19-11-10-18-13-16-12-14-6-4-5-9-17(14)20-16/h4-6,9,12,15,18H,1-3,7-8,10-11,13H2. The van der Waals surface area contributed by atoms with Crippen molar-refractivity contribution >= 4 is 11.0 Å². The van der Waals surface area contributed by atoms with Crippen molar-refractivity contribution in [2.24, 2.45) is 0 Å². The Kier molecular flexibility index (Phi) is 4.72. The molecule has 1 aliphatic rings. The Morgan fingerprint density at radius 1 is 1.15 bits per heavy atom. The lowest BCUT2D eigenvalue weighted by molar-refractivity contribution is 0.0301. The normalized spacial score (nSPS) is 16.8. The summed E-state index contributed by atoms with van der Waals surface area (Å²) in [4.78, 5) is 0. The van der Waals surface area contributed by atoms with Gasteiger partial charge in [0.15, 0.2) is 0 Å². The third-order valence-corrected chi connectivity index (χ3v) is 3.96. The Bertz CT molecular complexity index is 496. The van der Waals surface area contributed by atoms with Gasteiger partial charge in [0.2, 0.25) is 0 Å². The molecule has 0 atom stereocenters. The SMILES string of the molecule is c1ccc2oc(CNCCOC3CCCCC3)cc2c1. The minimum atomic E-state index is 0.497. The molecule has 3 heteroatoms. The van der Waals surface area contributed by atoms with Gasteiger partial charge in [0, 0.05) is 11.9 Å². The summed E-state index contributed by atoms with van der Waals surface area (Å²) in [6.45, 7) is 2.45. The van der Waals surface area contributed by atoms with Crippen molar-refractivity contribution in [3.8, 4) is 0 Å². The monoisotopic (exact) mass is 273 g/mol. The van der Waals surface area contributed by atoms with Crippen LogP contribution in [-0.2, 0) is 11.3 Å². The number of para-hydroxylation sites is 1. The van der Waals surface area contributed by atoms with Crippen molar-refractivity contribution in [1.29, 1.82) is 0 Å². The van der Waals surface area contributed by atoms with Gasteiger partial charge in [0.25, 0.3) is 0 Å². The Morgan fingerprint density at radius 3 is 2.85 bits per heavy atom. The lowest BCUT2D eigenvalue weighted by Gasteiger charge is -2.21. The van der Waals surface area contributed by atoms with E-state index in [2.05, 4.69) is 17.4 Å². The van der Waals surface area contributed by atoms with Gasteiger partial charge in [-0.15, -0.1) is 0 Å². The molecule has 0 aliphatic heterocycles. The molecule has 1 heterocycles. The van der Waals surface area contributed by atoms with E-state index in [-0.39, 0.29) is 0 Å². The first kappa shape index (κ1) is 13.7. The summed E-state index contributed by atoms with van der Waals surface area (Å²) in [5, 5.41) is 4.55. The lowest BCUT2D eigenvalue weighted by atomic mass is 9.98. The zero-order valence-corrected chi connectivity index (χ0v) is 11.9. The molecular weight excluding hydrogens is 250 g/mol. The minimum absolute atomic E-state index is 0.497. The second-order valence-electron chi connectivity index (χ2n) is 5.56. The molecule has 0 spiro atoms. The third kappa shape index (κ3) is 3.62. The molecule has 0 saturated heterocycles. The van der Waals surface area contributed by atoms with E-state index in [1.165, 1.54) is 37.5 Å². The largest absolute Gasteiger partial charge is 0.460 e. The maximum Gasteiger partial charge on any atom is 0.134 e. The van der Waals surface area contributed by atoms with Crippen LogP contribution < -0.4 is 5.32 Å². The van der Waals surface area contributed by atoms with Crippen LogP contribution in [0.15, 0.2) is 34.7 Å². The van der Waals surface area contributed by atoms with E-state index in [4.69, 9.17) is 9.15 Å². The van der Waals surface area contributed by atoms with Gasteiger partial charge in [-0.05, 0) is 25.0 Å². The summed E-state index contributed by atoms with van der Waals surface area (Å²) in [5.41, 5.74) is 0.961. The predicted molar refractivity (Wildman–Crippen MR) is 80.7 cm³/mol. The topological polar surface area (TPSA) is 34.4 Å². The van der Waals surface area contributed by atoms with Crippen LogP contribution in [-0.4, -0.2) is 19.3 Å². The maximum absolute atomic E-state index is 5.89. The molecule has 0 bridgehead atoms. The summed E-state index contributed by atoms with van der Waals surface area (Å²) < 4.78 is 11.6. The summed E-state index contributed by atoms with van der Waals surface area (Å²) in [6, 6.07) is 10.2. The second kappa shape index (κ2) is 6.91. The van der Waals surface area contributed by atoms with Crippen molar-refractivity contribution in [3.63, 3.8) is 0 Å². The van der Waals surface area contributed by atoms with Gasteiger partial charge < -0.3 is 14.5 Å². The number of nitrogens with one attached hydrogen (secondary N) is 1. The van der Waals surface area contributed by atoms with Crippen molar-refractivity contribution < 1.29 is 9.15 Å². The van der Waals surface area contributed by atoms with Gasteiger partial charge in [0.05, 0.1) is 19.3 Å². The molecule has 1 aliphatic carbocycles. The number of benzene rings is 1. The molecule has 1 fully saturated rings. The molecule has 0 radical (unpaired) electrons. The quantitative estimate of drug-likeness (QED) is 0.811. The highest BCUT2D eigenvalue weighted by atomic mass is 16.5. The van der Waals surface area contributed by atoms with Crippen LogP contribution in [0.5, 0.6) is 0 Å². The zero-order chi connectivity index (χ0) is 13.6. The van der Waals surface area contributed by atoms with E-state index in [1.807, 2.05) is 18.2 Å². The van der Waals surface area contributed by atoms with Crippen molar-refractivity contribution in [3.05, 3.63) is 36.1 Å². The van der Waals surface area contributed by atoms with Gasteiger partial charge in [0.1, 0.15) is 11.3 Å². The van der Waals surface area contributed by atoms with E-state index >= 15 is 0 Å². The highest BCUT2D eigenvalue weighted by molar-refractivity contribution is 5.77. The fourth-order valence-corrected chi connectivity index (χ4v) is 2.87. The van der Waals surface area contributed by atoms with E-state index in [0.29, 0.717) is 6.10 Å². The molecule has 1 aromatic carbocycles. The van der Waals surface area contributed by atoms with E-state index in [1.54, 1.807) is 0 Å². The van der Waals surface area contributed by atoms with Gasteiger partial charge in [-0.2, -0.15) is 0 Å². The molecule has 3 rings (SSSR count). The average molecular weight is 273 g/mol. The van der Waals surface area contributed by atoms with Gasteiger partial charge in [-0.3, -0.25) is 0 Å². The van der Waals surface area contributed by atoms with Crippen LogP contribution in [0.3, 0.4) is 0 Å². The number of rotatable bonds is 6. The number of furan rings is 1. The highest BCUT2D eigenvalue weighted by Gasteiger charge is 2.12. The van der Waals surface area contributed by atoms with Crippen LogP contribution in [0.1, 0.15) is 37.9 Å². The first-order valence-electron chi connectivity index (χ1n) is 7.71. The molecule has 2 aromatic rings. The molecular formula is C17H23NO2. The van der Waals surface area contributed by atoms with Crippen LogP contribution in [0.2, 0.25) is 0 Å². The Labute approximate surface area is 120 Å². The third-order valence-electron chi connectivity index (χ3n) is 3.96. The molecule has 3 nitrogen and oxygen atoms in total. The first-order chi connectivity index (χ1) is 9.92. The van der Waals surface area contributed by atoms with Crippen LogP contribution in [0, 0.1) is 0 Å². The minimum Gasteiger partial charge on any atom is -0.460 e. The Balaban J connectivity index is 1.37. The van der Waals surface area contributed by atoms with Crippen molar-refractivity contribution in [1.82, 2.24) is 5.32 Å². The fourth-order valence-electron chi connectivity index (χ4n) is 2.87. The van der Waals surface area contributed by atoms with Crippen LogP contribution in [0.25, 0.3) is 11.0 Å². The van der Waals surface area contributed by atoms with Crippen LogP contribution in [0.4, 0.5) is 0 Å². The van der Waals surface area contributed by atoms with Gasteiger partial charge in [-0.1, -0.05) is 37.5 Å². The smallest absolute Gasteiger partial charge is 0.134 e. The number of fused-ring (bicyclic) bond motifs is 1. The van der Waals surface area contributed by atoms with Crippen molar-refractivity contribution in [2.45, 2.75) is 44.8 Å². The molecule has 1 saturated carbocycles. The summed E-state index contributed by atoms with van der Waals surface area (Å²) in [5.74, 6) is 0.990. The Morgan fingerprint density at radius 2 is 2.00 bits per heavy atom. The molecule has 108 valence electrons. The van der Waals surface area contributed by atoms with E-state index in [9.17, 15) is 0 Å². The maximum atomic E-state index is 5.89. The molecule has 20 heavy (non-hydrogen) atoms. The van der Waals surface area contributed by atoms with E-state index in [0.717, 1.165) is 31.0 Å². The second-order valence-corrected chi connectivity index (χ2v) is 5.56. The molecule has 1 N–H and O–H groups in total. The number of ether oxygens (including phenoxy) is 1. The summed E-state index contributed by atoms with van der Waals surface area (Å²) >= 11 is 0. The number of hydrogen-bond acceptors (Lipinski definition) is 3. The summed E-state index contributed by atoms with van der Waals surface area (Å²) in [6.07, 6.45) is 7.02. The Hall–Kier alpha value is -1.32. The van der Waals surface area contributed by atoms with Crippen molar-refractivity contribution in [2.75, 3.05) is 13.2 Å². The van der Waals surface area contributed by atoms with Gasteiger partial charge in [-0.25, -0.2) is 0 Å². The predicted octanol–water partition coefficient (Wildman–Crippen LogP) is 3.87. The fraction of sp³-hybridized carbons (Fsp3) is 0.529. The molecule has 1 aromatic heterocycles. The number of hydrogen-bond donors (Lipinski definition) is 1. The van der Waals surface area contributed by atoms with Gasteiger partial charge >= 0.3 is 0 Å². The average Bonchev–Trinajstić information content (AvgIpc) is 2.90. The zero-order valence-electron chi connectivity index (χ0n) is 11.9. The van der Waals surface area contributed by atoms with Crippen LogP contribution >= 0.6 is 0 Å².